The van der Waals surface area contributed by atoms with Crippen molar-refractivity contribution in [3.8, 4) is 0 Å². The molecule has 98 valence electrons. The number of alkyl halides is 3. The van der Waals surface area contributed by atoms with E-state index in [1.165, 1.54) is 0 Å². The molecule has 0 heterocycles. The molecule has 0 amide bonds. The summed E-state index contributed by atoms with van der Waals surface area (Å²) in [4.78, 5) is 0. The van der Waals surface area contributed by atoms with Crippen molar-refractivity contribution in [1.82, 2.24) is 5.32 Å². The van der Waals surface area contributed by atoms with E-state index in [0.717, 1.165) is 25.8 Å². The second-order valence-electron chi connectivity index (χ2n) is 4.48. The SMILES string of the molecule is CCCNC(CCC(F)(F)F)C(C)CCC. The van der Waals surface area contributed by atoms with Gasteiger partial charge in [0.15, 0.2) is 0 Å². The van der Waals surface area contributed by atoms with Gasteiger partial charge in [0, 0.05) is 12.5 Å². The minimum absolute atomic E-state index is 0.00141. The summed E-state index contributed by atoms with van der Waals surface area (Å²) < 4.78 is 36.5. The Bertz CT molecular complexity index is 168. The molecule has 1 N–H and O–H groups in total. The van der Waals surface area contributed by atoms with Crippen LogP contribution in [0.1, 0.15) is 52.9 Å². The highest BCUT2D eigenvalue weighted by Gasteiger charge is 2.29. The van der Waals surface area contributed by atoms with Crippen LogP contribution in [0.25, 0.3) is 0 Å². The minimum Gasteiger partial charge on any atom is -0.314 e. The van der Waals surface area contributed by atoms with Crippen LogP contribution < -0.4 is 5.32 Å². The summed E-state index contributed by atoms with van der Waals surface area (Å²) in [6.07, 6.45) is -1.54. The van der Waals surface area contributed by atoms with Gasteiger partial charge < -0.3 is 5.32 Å². The first-order valence-electron chi connectivity index (χ1n) is 6.20. The molecule has 0 aliphatic rings. The number of halogens is 3. The van der Waals surface area contributed by atoms with Crippen LogP contribution in [0.2, 0.25) is 0 Å². The molecule has 0 aliphatic carbocycles. The fourth-order valence-corrected chi connectivity index (χ4v) is 1.89. The van der Waals surface area contributed by atoms with Gasteiger partial charge in [0.25, 0.3) is 0 Å². The van der Waals surface area contributed by atoms with Gasteiger partial charge in [-0.25, -0.2) is 0 Å². The third-order valence-corrected chi connectivity index (χ3v) is 2.83. The van der Waals surface area contributed by atoms with E-state index in [1.807, 2.05) is 13.8 Å². The third kappa shape index (κ3) is 7.97. The van der Waals surface area contributed by atoms with Crippen LogP contribution in [-0.4, -0.2) is 18.8 Å². The number of hydrogen-bond donors (Lipinski definition) is 1. The predicted octanol–water partition coefficient (Wildman–Crippen LogP) is 4.13. The van der Waals surface area contributed by atoms with Gasteiger partial charge in [0.2, 0.25) is 0 Å². The molecule has 0 rings (SSSR count). The monoisotopic (exact) mass is 239 g/mol. The zero-order valence-corrected chi connectivity index (χ0v) is 10.5. The molecule has 0 aromatic heterocycles. The van der Waals surface area contributed by atoms with E-state index >= 15 is 0 Å². The van der Waals surface area contributed by atoms with E-state index in [0.29, 0.717) is 5.92 Å². The molecule has 0 spiro atoms. The molecule has 16 heavy (non-hydrogen) atoms. The molecule has 0 fully saturated rings. The fraction of sp³-hybridized carbons (Fsp3) is 1.00. The fourth-order valence-electron chi connectivity index (χ4n) is 1.89. The summed E-state index contributed by atoms with van der Waals surface area (Å²) in [5, 5.41) is 3.23. The molecule has 0 aromatic carbocycles. The number of rotatable bonds is 8. The molecule has 4 heteroatoms. The van der Waals surface area contributed by atoms with E-state index in [2.05, 4.69) is 12.2 Å². The van der Waals surface area contributed by atoms with Gasteiger partial charge >= 0.3 is 6.18 Å². The van der Waals surface area contributed by atoms with Gasteiger partial charge in [-0.2, -0.15) is 13.2 Å². The van der Waals surface area contributed by atoms with Crippen LogP contribution in [0.15, 0.2) is 0 Å². The zero-order valence-electron chi connectivity index (χ0n) is 10.5. The lowest BCUT2D eigenvalue weighted by atomic mass is 9.93. The van der Waals surface area contributed by atoms with Crippen molar-refractivity contribution in [3.05, 3.63) is 0 Å². The van der Waals surface area contributed by atoms with Gasteiger partial charge in [-0.15, -0.1) is 0 Å². The lowest BCUT2D eigenvalue weighted by molar-refractivity contribution is -0.137. The Kier molecular flexibility index (Phi) is 7.81. The van der Waals surface area contributed by atoms with Crippen molar-refractivity contribution in [2.24, 2.45) is 5.92 Å². The Hall–Kier alpha value is -0.250. The first kappa shape index (κ1) is 15.8. The molecule has 0 bridgehead atoms. The highest BCUT2D eigenvalue weighted by Crippen LogP contribution is 2.25. The zero-order chi connectivity index (χ0) is 12.6. The maximum atomic E-state index is 12.2. The molecule has 2 unspecified atom stereocenters. The maximum absolute atomic E-state index is 12.2. The largest absolute Gasteiger partial charge is 0.389 e. The minimum atomic E-state index is -4.03. The van der Waals surface area contributed by atoms with Crippen molar-refractivity contribution in [1.29, 1.82) is 0 Å². The molecule has 0 aliphatic heterocycles. The Labute approximate surface area is 96.8 Å². The van der Waals surface area contributed by atoms with E-state index in [-0.39, 0.29) is 12.5 Å². The molecule has 0 radical (unpaired) electrons. The second kappa shape index (κ2) is 7.93. The quantitative estimate of drug-likeness (QED) is 0.671. The molecule has 1 nitrogen and oxygen atoms in total. The molecular weight excluding hydrogens is 215 g/mol. The molecule has 0 aromatic rings. The summed E-state index contributed by atoms with van der Waals surface area (Å²) in [6.45, 7) is 6.93. The average Bonchev–Trinajstić information content (AvgIpc) is 2.16. The molecule has 0 saturated heterocycles. The van der Waals surface area contributed by atoms with Gasteiger partial charge in [-0.05, 0) is 31.7 Å². The lowest BCUT2D eigenvalue weighted by Gasteiger charge is -2.25. The highest BCUT2D eigenvalue weighted by molar-refractivity contribution is 4.74. The average molecular weight is 239 g/mol. The smallest absolute Gasteiger partial charge is 0.314 e. The van der Waals surface area contributed by atoms with Gasteiger partial charge in [-0.1, -0.05) is 27.2 Å². The Morgan fingerprint density at radius 1 is 1.06 bits per heavy atom. The summed E-state index contributed by atoms with van der Waals surface area (Å²) in [7, 11) is 0. The number of nitrogens with one attached hydrogen (secondary N) is 1. The van der Waals surface area contributed by atoms with Crippen LogP contribution in [-0.2, 0) is 0 Å². The highest BCUT2D eigenvalue weighted by atomic mass is 19.4. The predicted molar refractivity (Wildman–Crippen MR) is 61.4 cm³/mol. The summed E-state index contributed by atoms with van der Waals surface area (Å²) in [6, 6.07) is 0.00141. The van der Waals surface area contributed by atoms with Crippen molar-refractivity contribution < 1.29 is 13.2 Å². The standard InChI is InChI=1S/C12H24F3N/c1-4-6-10(3)11(16-9-5-2)7-8-12(13,14)15/h10-11,16H,4-9H2,1-3H3. The topological polar surface area (TPSA) is 12.0 Å². The summed E-state index contributed by atoms with van der Waals surface area (Å²) in [5.41, 5.74) is 0. The van der Waals surface area contributed by atoms with E-state index in [1.54, 1.807) is 0 Å². The van der Waals surface area contributed by atoms with Gasteiger partial charge in [-0.3, -0.25) is 0 Å². The van der Waals surface area contributed by atoms with Crippen LogP contribution in [0.4, 0.5) is 13.2 Å². The van der Waals surface area contributed by atoms with E-state index in [9.17, 15) is 13.2 Å². The summed E-state index contributed by atoms with van der Waals surface area (Å²) in [5.74, 6) is 0.318. The van der Waals surface area contributed by atoms with Crippen LogP contribution in [0.3, 0.4) is 0 Å². The Morgan fingerprint density at radius 2 is 1.69 bits per heavy atom. The first-order valence-corrected chi connectivity index (χ1v) is 6.20. The molecule has 0 saturated carbocycles. The Morgan fingerprint density at radius 3 is 2.12 bits per heavy atom. The normalized spacial score (nSPS) is 16.1. The maximum Gasteiger partial charge on any atom is 0.389 e. The van der Waals surface area contributed by atoms with Crippen molar-refractivity contribution in [2.45, 2.75) is 65.1 Å². The molecule has 2 atom stereocenters. The Balaban J connectivity index is 4.08. The van der Waals surface area contributed by atoms with Crippen LogP contribution in [0.5, 0.6) is 0 Å². The summed E-state index contributed by atoms with van der Waals surface area (Å²) >= 11 is 0. The second-order valence-corrected chi connectivity index (χ2v) is 4.48. The van der Waals surface area contributed by atoms with Crippen molar-refractivity contribution in [2.75, 3.05) is 6.54 Å². The van der Waals surface area contributed by atoms with Crippen molar-refractivity contribution in [3.63, 3.8) is 0 Å². The van der Waals surface area contributed by atoms with Gasteiger partial charge in [0.05, 0.1) is 0 Å². The van der Waals surface area contributed by atoms with Crippen LogP contribution >= 0.6 is 0 Å². The number of hydrogen-bond acceptors (Lipinski definition) is 1. The lowest BCUT2D eigenvalue weighted by Crippen LogP contribution is -2.36. The van der Waals surface area contributed by atoms with Gasteiger partial charge in [0.1, 0.15) is 0 Å². The third-order valence-electron chi connectivity index (χ3n) is 2.83. The molecular formula is C12H24F3N. The van der Waals surface area contributed by atoms with Crippen LogP contribution in [0, 0.1) is 5.92 Å². The van der Waals surface area contributed by atoms with E-state index < -0.39 is 12.6 Å². The first-order chi connectivity index (χ1) is 7.40. The van der Waals surface area contributed by atoms with Crippen molar-refractivity contribution >= 4 is 0 Å². The van der Waals surface area contributed by atoms with E-state index in [4.69, 9.17) is 0 Å².